The Bertz CT molecular complexity index is 1310. The van der Waals surface area contributed by atoms with Crippen molar-refractivity contribution >= 4 is 16.6 Å². The lowest BCUT2D eigenvalue weighted by Gasteiger charge is -2.20. The third kappa shape index (κ3) is 2.35. The first kappa shape index (κ1) is 16.9. The molecule has 1 aliphatic carbocycles. The number of aromatic nitrogens is 6. The van der Waals surface area contributed by atoms with Crippen LogP contribution in [0.25, 0.3) is 22.4 Å². The van der Waals surface area contributed by atoms with Crippen molar-refractivity contribution in [3.63, 3.8) is 0 Å². The zero-order valence-corrected chi connectivity index (χ0v) is 16.4. The third-order valence-corrected chi connectivity index (χ3v) is 6.57. The van der Waals surface area contributed by atoms with Gasteiger partial charge in [0.25, 0.3) is 5.56 Å². The van der Waals surface area contributed by atoms with Crippen molar-refractivity contribution in [1.82, 2.24) is 28.9 Å². The van der Waals surface area contributed by atoms with Crippen molar-refractivity contribution in [2.45, 2.75) is 50.7 Å². The van der Waals surface area contributed by atoms with Crippen molar-refractivity contribution in [1.29, 1.82) is 0 Å². The molecule has 1 saturated heterocycles. The van der Waals surface area contributed by atoms with Gasteiger partial charge >= 0.3 is 0 Å². The van der Waals surface area contributed by atoms with E-state index < -0.39 is 0 Å². The molecule has 3 aromatic heterocycles. The molecule has 2 atom stereocenters. The Balaban J connectivity index is 1.64. The van der Waals surface area contributed by atoms with Crippen LogP contribution in [-0.2, 0) is 10.2 Å². The summed E-state index contributed by atoms with van der Waals surface area (Å²) in [6.45, 7) is 4.88. The maximum Gasteiger partial charge on any atom is 0.279 e. The highest BCUT2D eigenvalue weighted by Crippen LogP contribution is 2.46. The van der Waals surface area contributed by atoms with E-state index in [9.17, 15) is 4.79 Å². The summed E-state index contributed by atoms with van der Waals surface area (Å²) in [6.07, 6.45) is 6.65. The number of hydrogen-bond acceptors (Lipinski definition) is 5. The van der Waals surface area contributed by atoms with Crippen molar-refractivity contribution in [2.24, 2.45) is 0 Å². The maximum absolute atomic E-state index is 13.7. The van der Waals surface area contributed by atoms with Gasteiger partial charge in [0.05, 0.1) is 35.1 Å². The molecule has 0 radical (unpaired) electrons. The summed E-state index contributed by atoms with van der Waals surface area (Å²) in [5.41, 5.74) is 3.33. The summed E-state index contributed by atoms with van der Waals surface area (Å²) in [5, 5.41) is 8.65. The first-order valence-electron chi connectivity index (χ1n) is 10.1. The lowest BCUT2D eigenvalue weighted by atomic mass is 10.1. The predicted octanol–water partition coefficient (Wildman–Crippen LogP) is 2.63. The van der Waals surface area contributed by atoms with Crippen molar-refractivity contribution in [3.05, 3.63) is 52.8 Å². The molecule has 1 saturated carbocycles. The molecule has 8 heteroatoms. The largest absolute Gasteiger partial charge is 0.376 e. The first-order valence-corrected chi connectivity index (χ1v) is 10.1. The van der Waals surface area contributed by atoms with E-state index in [1.807, 2.05) is 46.4 Å². The van der Waals surface area contributed by atoms with E-state index in [1.165, 1.54) is 0 Å². The predicted molar refractivity (Wildman–Crippen MR) is 108 cm³/mol. The van der Waals surface area contributed by atoms with Gasteiger partial charge in [-0.2, -0.15) is 4.68 Å². The number of ether oxygens (including phenoxy) is 1. The zero-order chi connectivity index (χ0) is 19.8. The van der Waals surface area contributed by atoms with E-state index in [0.717, 1.165) is 36.0 Å². The number of benzene rings is 1. The van der Waals surface area contributed by atoms with Crippen LogP contribution in [-0.4, -0.2) is 41.7 Å². The zero-order valence-electron chi connectivity index (χ0n) is 16.4. The minimum atomic E-state index is -0.0757. The fraction of sp³-hybridized carbons (Fsp3) is 0.429. The minimum Gasteiger partial charge on any atom is -0.376 e. The Kier molecular flexibility index (Phi) is 3.36. The van der Waals surface area contributed by atoms with Crippen molar-refractivity contribution in [2.75, 3.05) is 6.61 Å². The molecule has 2 unspecified atom stereocenters. The van der Waals surface area contributed by atoms with Gasteiger partial charge in [0.15, 0.2) is 11.3 Å². The fourth-order valence-electron chi connectivity index (χ4n) is 4.46. The number of rotatable bonds is 3. The molecule has 1 aromatic carbocycles. The molecule has 0 bridgehead atoms. The molecule has 2 fully saturated rings. The van der Waals surface area contributed by atoms with E-state index >= 15 is 0 Å². The Morgan fingerprint density at radius 2 is 2.00 bits per heavy atom. The molecule has 6 rings (SSSR count). The molecule has 29 heavy (non-hydrogen) atoms. The molecule has 4 aromatic rings. The Labute approximate surface area is 166 Å². The minimum absolute atomic E-state index is 0.00293. The van der Waals surface area contributed by atoms with Gasteiger partial charge in [-0.15, -0.1) is 5.10 Å². The summed E-state index contributed by atoms with van der Waals surface area (Å²) in [4.78, 5) is 18.3. The Morgan fingerprint density at radius 3 is 2.72 bits per heavy atom. The quantitative estimate of drug-likeness (QED) is 0.537. The molecule has 1 aliphatic heterocycles. The van der Waals surface area contributed by atoms with Crippen LogP contribution in [0, 0.1) is 0 Å². The molecule has 2 aliphatic rings. The molecule has 4 heterocycles. The number of nitrogens with zero attached hydrogens (tertiary/aromatic N) is 6. The average molecular weight is 390 g/mol. The van der Waals surface area contributed by atoms with Gasteiger partial charge in [-0.25, -0.2) is 4.98 Å². The van der Waals surface area contributed by atoms with Crippen LogP contribution in [0.15, 0.2) is 41.6 Å². The van der Waals surface area contributed by atoms with Crippen molar-refractivity contribution in [3.8, 4) is 5.82 Å². The lowest BCUT2D eigenvalue weighted by molar-refractivity contribution is 0.108. The van der Waals surface area contributed by atoms with Gasteiger partial charge in [-0.1, -0.05) is 24.3 Å². The summed E-state index contributed by atoms with van der Waals surface area (Å²) < 4.78 is 11.2. The fourth-order valence-corrected chi connectivity index (χ4v) is 4.46. The Hall–Kier alpha value is -3.00. The van der Waals surface area contributed by atoms with Crippen LogP contribution in [0.1, 0.15) is 44.8 Å². The van der Waals surface area contributed by atoms with Gasteiger partial charge in [0, 0.05) is 12.0 Å². The van der Waals surface area contributed by atoms with E-state index in [0.29, 0.717) is 17.9 Å². The van der Waals surface area contributed by atoms with Gasteiger partial charge in [-0.05, 0) is 38.3 Å². The number of para-hydroxylation sites is 2. The first-order chi connectivity index (χ1) is 14.1. The highest BCUT2D eigenvalue weighted by molar-refractivity contribution is 5.81. The van der Waals surface area contributed by atoms with E-state index in [-0.39, 0.29) is 23.1 Å². The van der Waals surface area contributed by atoms with Gasteiger partial charge in [-0.3, -0.25) is 13.8 Å². The van der Waals surface area contributed by atoms with E-state index in [2.05, 4.69) is 22.2 Å². The smallest absolute Gasteiger partial charge is 0.279 e. The molecule has 0 N–H and O–H groups in total. The van der Waals surface area contributed by atoms with Crippen LogP contribution >= 0.6 is 0 Å². The molecule has 0 spiro atoms. The normalized spacial score (nSPS) is 23.2. The molecular formula is C21H22N6O2. The van der Waals surface area contributed by atoms with Gasteiger partial charge in [0.2, 0.25) is 0 Å². The van der Waals surface area contributed by atoms with Crippen LogP contribution in [0.2, 0.25) is 0 Å². The van der Waals surface area contributed by atoms with Crippen LogP contribution in [0.4, 0.5) is 0 Å². The van der Waals surface area contributed by atoms with E-state index in [4.69, 9.17) is 4.74 Å². The third-order valence-electron chi connectivity index (χ3n) is 6.57. The maximum atomic E-state index is 13.7. The highest BCUT2D eigenvalue weighted by Gasteiger charge is 2.42. The van der Waals surface area contributed by atoms with Crippen LogP contribution in [0.3, 0.4) is 0 Å². The Morgan fingerprint density at radius 1 is 1.21 bits per heavy atom. The molecule has 0 amide bonds. The summed E-state index contributed by atoms with van der Waals surface area (Å²) >= 11 is 0. The monoisotopic (exact) mass is 390 g/mol. The van der Waals surface area contributed by atoms with Crippen molar-refractivity contribution < 1.29 is 4.74 Å². The van der Waals surface area contributed by atoms with Gasteiger partial charge < -0.3 is 4.74 Å². The highest BCUT2D eigenvalue weighted by atomic mass is 16.5. The topological polar surface area (TPSA) is 79.2 Å². The second kappa shape index (κ2) is 5.76. The number of imidazole rings is 1. The second-order valence-electron chi connectivity index (χ2n) is 8.49. The van der Waals surface area contributed by atoms with Gasteiger partial charge in [0.1, 0.15) is 6.33 Å². The summed E-state index contributed by atoms with van der Waals surface area (Å²) in [5.74, 6) is 0.518. The molecule has 148 valence electrons. The van der Waals surface area contributed by atoms with Crippen LogP contribution in [0.5, 0.6) is 0 Å². The number of fused-ring (bicyclic) bond motifs is 3. The lowest BCUT2D eigenvalue weighted by Crippen LogP contribution is -2.30. The molecule has 8 nitrogen and oxygen atoms in total. The van der Waals surface area contributed by atoms with E-state index in [1.54, 1.807) is 11.0 Å². The summed E-state index contributed by atoms with van der Waals surface area (Å²) in [6, 6.07) is 7.94. The average Bonchev–Trinajstić information content (AvgIpc) is 3.15. The summed E-state index contributed by atoms with van der Waals surface area (Å²) in [7, 11) is 0. The molecular weight excluding hydrogens is 368 g/mol. The SMILES string of the molecule is CC1OCCC1n1c(=O)c2c(-n3cc(C4(C)CC4)nn3)ncn2c2ccccc21. The van der Waals surface area contributed by atoms with Crippen LogP contribution < -0.4 is 5.56 Å². The standard InChI is InChI=1S/C21H22N6O2/c1-13-14(7-10-29-13)27-16-6-4-3-5-15(16)25-12-22-19(18(25)20(27)28)26-11-17(23-24-26)21(2)8-9-21/h3-6,11-14H,7-10H2,1-2H3. The second-order valence-corrected chi connectivity index (χ2v) is 8.49. The number of hydrogen-bond donors (Lipinski definition) is 0.